The molecule has 0 heterocycles. The highest BCUT2D eigenvalue weighted by atomic mass is 16.3. The monoisotopic (exact) mass is 256 g/mol. The van der Waals surface area contributed by atoms with Crippen LogP contribution in [0, 0.1) is 17.3 Å². The van der Waals surface area contributed by atoms with Crippen LogP contribution in [0.25, 0.3) is 0 Å². The van der Waals surface area contributed by atoms with E-state index in [2.05, 4.69) is 26.1 Å². The lowest BCUT2D eigenvalue weighted by Crippen LogP contribution is -2.53. The van der Waals surface area contributed by atoms with Crippen molar-refractivity contribution in [3.63, 3.8) is 0 Å². The maximum atomic E-state index is 12.3. The molecule has 106 valence electrons. The minimum absolute atomic E-state index is 0.00442. The topological polar surface area (TPSA) is 75.3 Å². The zero-order valence-electron chi connectivity index (χ0n) is 12.1. The lowest BCUT2D eigenvalue weighted by Gasteiger charge is -2.46. The maximum Gasteiger partial charge on any atom is 0.223 e. The van der Waals surface area contributed by atoms with Crippen LogP contribution in [0.15, 0.2) is 0 Å². The van der Waals surface area contributed by atoms with E-state index < -0.39 is 0 Å². The molecule has 0 aromatic carbocycles. The van der Waals surface area contributed by atoms with Gasteiger partial charge in [-0.3, -0.25) is 4.79 Å². The number of hydrogen-bond acceptors (Lipinski definition) is 3. The van der Waals surface area contributed by atoms with Crippen LogP contribution in [0.1, 0.15) is 47.0 Å². The first-order valence-corrected chi connectivity index (χ1v) is 7.01. The number of nitrogens with one attached hydrogen (secondary N) is 1. The van der Waals surface area contributed by atoms with Gasteiger partial charge in [0.1, 0.15) is 0 Å². The summed E-state index contributed by atoms with van der Waals surface area (Å²) in [5.41, 5.74) is 6.01. The molecule has 1 rings (SSSR count). The van der Waals surface area contributed by atoms with Gasteiger partial charge in [0.15, 0.2) is 0 Å². The van der Waals surface area contributed by atoms with Gasteiger partial charge in [-0.1, -0.05) is 27.7 Å². The Morgan fingerprint density at radius 3 is 2.61 bits per heavy atom. The first kappa shape index (κ1) is 15.4. The van der Waals surface area contributed by atoms with Crippen molar-refractivity contribution in [1.82, 2.24) is 5.32 Å². The Kier molecular flexibility index (Phi) is 5.17. The van der Waals surface area contributed by atoms with E-state index in [1.165, 1.54) is 0 Å². The minimum atomic E-state index is -0.126. The minimum Gasteiger partial charge on any atom is -0.394 e. The van der Waals surface area contributed by atoms with Gasteiger partial charge in [0.25, 0.3) is 0 Å². The summed E-state index contributed by atoms with van der Waals surface area (Å²) < 4.78 is 0. The van der Waals surface area contributed by atoms with Crippen LogP contribution in [-0.4, -0.2) is 29.7 Å². The van der Waals surface area contributed by atoms with Crippen molar-refractivity contribution >= 4 is 5.91 Å². The van der Waals surface area contributed by atoms with Crippen molar-refractivity contribution in [2.75, 3.05) is 6.61 Å². The van der Waals surface area contributed by atoms with Crippen LogP contribution < -0.4 is 11.1 Å². The standard InChI is InChI=1S/C14H28N2O2/c1-5-10(8-17)16-13(18)11-6-7-12(15)9(2)14(11,3)4/h9-12,17H,5-8,15H2,1-4H3,(H,16,18)/t9?,10-,11?,12?/m1/s1. The number of carbonyl (C=O) groups excluding carboxylic acids is 1. The highest BCUT2D eigenvalue weighted by Gasteiger charge is 2.45. The molecule has 1 saturated carbocycles. The largest absolute Gasteiger partial charge is 0.394 e. The Bertz CT molecular complexity index is 288. The summed E-state index contributed by atoms with van der Waals surface area (Å²) >= 11 is 0. The Morgan fingerprint density at radius 2 is 2.11 bits per heavy atom. The Hall–Kier alpha value is -0.610. The van der Waals surface area contributed by atoms with Crippen molar-refractivity contribution < 1.29 is 9.90 Å². The van der Waals surface area contributed by atoms with Crippen molar-refractivity contribution in [3.8, 4) is 0 Å². The first-order valence-electron chi connectivity index (χ1n) is 7.01. The zero-order valence-corrected chi connectivity index (χ0v) is 12.1. The fourth-order valence-electron chi connectivity index (χ4n) is 2.90. The molecule has 1 aliphatic carbocycles. The number of amides is 1. The quantitative estimate of drug-likeness (QED) is 0.709. The lowest BCUT2D eigenvalue weighted by molar-refractivity contribution is -0.133. The van der Waals surface area contributed by atoms with Crippen LogP contribution in [-0.2, 0) is 4.79 Å². The van der Waals surface area contributed by atoms with Gasteiger partial charge in [-0.05, 0) is 30.6 Å². The third-order valence-corrected chi connectivity index (χ3v) is 4.88. The van der Waals surface area contributed by atoms with E-state index in [1.54, 1.807) is 0 Å². The molecule has 3 unspecified atom stereocenters. The van der Waals surface area contributed by atoms with Gasteiger partial charge >= 0.3 is 0 Å². The molecule has 1 aliphatic rings. The van der Waals surface area contributed by atoms with Gasteiger partial charge < -0.3 is 16.2 Å². The van der Waals surface area contributed by atoms with Gasteiger partial charge in [-0.25, -0.2) is 0 Å². The third kappa shape index (κ3) is 3.04. The fourth-order valence-corrected chi connectivity index (χ4v) is 2.90. The first-order chi connectivity index (χ1) is 8.34. The summed E-state index contributed by atoms with van der Waals surface area (Å²) in [5, 5.41) is 12.1. The SMILES string of the molecule is CC[C@H](CO)NC(=O)C1CCC(N)C(C)C1(C)C. The summed E-state index contributed by atoms with van der Waals surface area (Å²) in [5.74, 6) is 0.392. The van der Waals surface area contributed by atoms with E-state index in [1.807, 2.05) is 6.92 Å². The summed E-state index contributed by atoms with van der Waals surface area (Å²) in [6, 6.07) is 0.0584. The molecule has 0 aromatic heterocycles. The molecule has 4 atom stereocenters. The second-order valence-electron chi connectivity index (χ2n) is 6.20. The number of rotatable bonds is 4. The lowest BCUT2D eigenvalue weighted by atomic mass is 9.61. The maximum absolute atomic E-state index is 12.3. The second kappa shape index (κ2) is 6.02. The normalized spacial score (nSPS) is 32.9. The molecule has 1 fully saturated rings. The smallest absolute Gasteiger partial charge is 0.223 e. The van der Waals surface area contributed by atoms with Crippen LogP contribution in [0.4, 0.5) is 0 Å². The third-order valence-electron chi connectivity index (χ3n) is 4.88. The van der Waals surface area contributed by atoms with Crippen molar-refractivity contribution in [2.45, 2.75) is 59.0 Å². The van der Waals surface area contributed by atoms with E-state index in [9.17, 15) is 4.79 Å². The highest BCUT2D eigenvalue weighted by molar-refractivity contribution is 5.80. The molecule has 0 bridgehead atoms. The van der Waals surface area contributed by atoms with E-state index in [4.69, 9.17) is 10.8 Å². The summed E-state index contributed by atoms with van der Waals surface area (Å²) in [4.78, 5) is 12.3. The molecule has 0 aliphatic heterocycles. The van der Waals surface area contributed by atoms with Crippen LogP contribution in [0.5, 0.6) is 0 Å². The Morgan fingerprint density at radius 1 is 1.50 bits per heavy atom. The highest BCUT2D eigenvalue weighted by Crippen LogP contribution is 2.44. The number of hydrogen-bond donors (Lipinski definition) is 3. The molecule has 1 amide bonds. The molecule has 0 spiro atoms. The van der Waals surface area contributed by atoms with E-state index >= 15 is 0 Å². The molecular weight excluding hydrogens is 228 g/mol. The van der Waals surface area contributed by atoms with Crippen molar-refractivity contribution in [3.05, 3.63) is 0 Å². The molecule has 0 radical (unpaired) electrons. The molecule has 0 aromatic rings. The summed E-state index contributed by atoms with van der Waals surface area (Å²) in [7, 11) is 0. The predicted molar refractivity (Wildman–Crippen MR) is 73.0 cm³/mol. The van der Waals surface area contributed by atoms with Crippen LogP contribution in [0.3, 0.4) is 0 Å². The van der Waals surface area contributed by atoms with E-state index in [0.717, 1.165) is 19.3 Å². The Labute approximate surface area is 110 Å². The molecule has 18 heavy (non-hydrogen) atoms. The van der Waals surface area contributed by atoms with Gasteiger partial charge in [-0.15, -0.1) is 0 Å². The average molecular weight is 256 g/mol. The van der Waals surface area contributed by atoms with Gasteiger partial charge in [0.05, 0.1) is 12.6 Å². The fraction of sp³-hybridized carbons (Fsp3) is 0.929. The summed E-state index contributed by atoms with van der Waals surface area (Å²) in [6.07, 6.45) is 2.50. The molecule has 4 nitrogen and oxygen atoms in total. The zero-order chi connectivity index (χ0) is 13.9. The molecular formula is C14H28N2O2. The van der Waals surface area contributed by atoms with E-state index in [-0.39, 0.29) is 35.9 Å². The average Bonchev–Trinajstić information content (AvgIpc) is 2.32. The molecule has 4 heteroatoms. The van der Waals surface area contributed by atoms with Crippen LogP contribution in [0.2, 0.25) is 0 Å². The second-order valence-corrected chi connectivity index (χ2v) is 6.20. The van der Waals surface area contributed by atoms with Crippen molar-refractivity contribution in [2.24, 2.45) is 23.0 Å². The van der Waals surface area contributed by atoms with Gasteiger partial charge in [-0.2, -0.15) is 0 Å². The van der Waals surface area contributed by atoms with E-state index in [0.29, 0.717) is 5.92 Å². The summed E-state index contributed by atoms with van der Waals surface area (Å²) in [6.45, 7) is 8.35. The Balaban J connectivity index is 2.73. The number of carbonyl (C=O) groups is 1. The number of aliphatic hydroxyl groups excluding tert-OH is 1. The molecule has 4 N–H and O–H groups in total. The van der Waals surface area contributed by atoms with Gasteiger partial charge in [0, 0.05) is 12.0 Å². The van der Waals surface area contributed by atoms with Crippen LogP contribution >= 0.6 is 0 Å². The number of aliphatic hydroxyl groups is 1. The van der Waals surface area contributed by atoms with Gasteiger partial charge in [0.2, 0.25) is 5.91 Å². The number of nitrogens with two attached hydrogens (primary N) is 1. The van der Waals surface area contributed by atoms with Crippen molar-refractivity contribution in [1.29, 1.82) is 0 Å². The predicted octanol–water partition coefficient (Wildman–Crippen LogP) is 1.27. The molecule has 0 saturated heterocycles.